The van der Waals surface area contributed by atoms with Crippen LogP contribution >= 0.6 is 0 Å². The van der Waals surface area contributed by atoms with Gasteiger partial charge in [0.1, 0.15) is 0 Å². The lowest BCUT2D eigenvalue weighted by Gasteiger charge is -2.04. The van der Waals surface area contributed by atoms with Crippen LogP contribution in [-0.2, 0) is 24.1 Å². The number of hydrogen-bond acceptors (Lipinski definition) is 2. The van der Waals surface area contributed by atoms with Gasteiger partial charge in [0.15, 0.2) is 0 Å². The number of benzene rings is 1. The zero-order chi connectivity index (χ0) is 12.8. The summed E-state index contributed by atoms with van der Waals surface area (Å²) >= 11 is 0. The molecule has 1 heterocycles. The molecule has 3 nitrogen and oxygen atoms in total. The van der Waals surface area contributed by atoms with Gasteiger partial charge in [-0.25, -0.2) is 0 Å². The molecule has 0 atom stereocenters. The lowest BCUT2D eigenvalue weighted by Crippen LogP contribution is -2.13. The van der Waals surface area contributed by atoms with E-state index in [4.69, 9.17) is 5.73 Å². The normalized spacial score (nSPS) is 10.2. The number of amides is 1. The Morgan fingerprint density at radius 2 is 1.89 bits per heavy atom. The fourth-order valence-corrected chi connectivity index (χ4v) is 1.91. The topological polar surface area (TPSA) is 56.0 Å². The van der Waals surface area contributed by atoms with Crippen LogP contribution in [0.2, 0.25) is 0 Å². The van der Waals surface area contributed by atoms with Crippen LogP contribution in [0.15, 0.2) is 48.7 Å². The van der Waals surface area contributed by atoms with Crippen LogP contribution < -0.4 is 5.73 Å². The molecule has 0 saturated heterocycles. The number of rotatable bonds is 5. The Balaban J connectivity index is 1.99. The quantitative estimate of drug-likeness (QED) is 0.867. The van der Waals surface area contributed by atoms with E-state index in [0.717, 1.165) is 24.1 Å². The smallest absolute Gasteiger partial charge is 0.221 e. The van der Waals surface area contributed by atoms with Gasteiger partial charge in [-0.15, -0.1) is 0 Å². The molecule has 0 fully saturated rings. The molecule has 2 aromatic rings. The van der Waals surface area contributed by atoms with Crippen LogP contribution in [0.25, 0.3) is 0 Å². The predicted molar refractivity (Wildman–Crippen MR) is 71.0 cm³/mol. The van der Waals surface area contributed by atoms with Crippen LogP contribution in [-0.4, -0.2) is 10.9 Å². The van der Waals surface area contributed by atoms with Gasteiger partial charge in [-0.05, 0) is 36.1 Å². The molecule has 92 valence electrons. The molecule has 2 rings (SSSR count). The van der Waals surface area contributed by atoms with E-state index in [1.54, 1.807) is 6.20 Å². The highest BCUT2D eigenvalue weighted by Crippen LogP contribution is 2.09. The summed E-state index contributed by atoms with van der Waals surface area (Å²) in [6, 6.07) is 13.9. The maximum atomic E-state index is 10.9. The molecule has 18 heavy (non-hydrogen) atoms. The maximum absolute atomic E-state index is 10.9. The van der Waals surface area contributed by atoms with E-state index < -0.39 is 0 Å². The van der Waals surface area contributed by atoms with E-state index in [0.29, 0.717) is 6.42 Å². The molecule has 0 spiro atoms. The molecular formula is C15H16N2O. The van der Waals surface area contributed by atoms with E-state index in [9.17, 15) is 4.79 Å². The third-order valence-electron chi connectivity index (χ3n) is 2.77. The minimum absolute atomic E-state index is 0.295. The zero-order valence-corrected chi connectivity index (χ0v) is 10.2. The van der Waals surface area contributed by atoms with Gasteiger partial charge in [0.2, 0.25) is 5.91 Å². The molecule has 1 aromatic carbocycles. The van der Waals surface area contributed by atoms with Crippen LogP contribution in [0.4, 0.5) is 0 Å². The van der Waals surface area contributed by atoms with E-state index in [1.165, 1.54) is 5.56 Å². The summed E-state index contributed by atoms with van der Waals surface area (Å²) in [4.78, 5) is 15.2. The molecule has 0 radical (unpaired) electrons. The van der Waals surface area contributed by atoms with Gasteiger partial charge in [-0.1, -0.05) is 30.3 Å². The Morgan fingerprint density at radius 1 is 1.06 bits per heavy atom. The second kappa shape index (κ2) is 5.96. The van der Waals surface area contributed by atoms with Gasteiger partial charge in [0.05, 0.1) is 6.42 Å². The lowest BCUT2D eigenvalue weighted by atomic mass is 10.0. The van der Waals surface area contributed by atoms with Gasteiger partial charge in [0, 0.05) is 11.9 Å². The first-order valence-electron chi connectivity index (χ1n) is 6.00. The average Bonchev–Trinajstić information content (AvgIpc) is 2.37. The number of carbonyl (C=O) groups excluding carboxylic acids is 1. The standard InChI is InChI=1S/C15H16N2O/c16-15(18)11-13-5-3-4-12(10-13)7-8-14-6-1-2-9-17-14/h1-6,9-10H,7-8,11H2,(H2,16,18). The molecule has 0 aliphatic carbocycles. The fourth-order valence-electron chi connectivity index (χ4n) is 1.91. The lowest BCUT2D eigenvalue weighted by molar-refractivity contribution is -0.117. The number of nitrogens with zero attached hydrogens (tertiary/aromatic N) is 1. The van der Waals surface area contributed by atoms with Crippen LogP contribution in [0.5, 0.6) is 0 Å². The van der Waals surface area contributed by atoms with E-state index in [1.807, 2.05) is 36.4 Å². The van der Waals surface area contributed by atoms with Crippen LogP contribution in [0.1, 0.15) is 16.8 Å². The highest BCUT2D eigenvalue weighted by atomic mass is 16.1. The molecule has 0 aliphatic heterocycles. The summed E-state index contributed by atoms with van der Waals surface area (Å²) in [6.07, 6.45) is 3.93. The Bertz CT molecular complexity index is 523. The van der Waals surface area contributed by atoms with Gasteiger partial charge in [0.25, 0.3) is 0 Å². The molecule has 3 heteroatoms. The average molecular weight is 240 g/mol. The fraction of sp³-hybridized carbons (Fsp3) is 0.200. The van der Waals surface area contributed by atoms with Crippen molar-refractivity contribution in [3.8, 4) is 0 Å². The Labute approximate surface area is 107 Å². The largest absolute Gasteiger partial charge is 0.369 e. The number of carbonyl (C=O) groups is 1. The Morgan fingerprint density at radius 3 is 2.61 bits per heavy atom. The Kier molecular flexibility index (Phi) is 4.07. The number of aromatic nitrogens is 1. The number of aryl methyl sites for hydroxylation is 2. The number of pyridine rings is 1. The van der Waals surface area contributed by atoms with Crippen molar-refractivity contribution in [3.05, 3.63) is 65.5 Å². The maximum Gasteiger partial charge on any atom is 0.221 e. The summed E-state index contributed by atoms with van der Waals surface area (Å²) in [5.74, 6) is -0.295. The summed E-state index contributed by atoms with van der Waals surface area (Å²) in [7, 11) is 0. The third kappa shape index (κ3) is 3.70. The van der Waals surface area contributed by atoms with Crippen LogP contribution in [0, 0.1) is 0 Å². The molecule has 2 N–H and O–H groups in total. The minimum atomic E-state index is -0.295. The molecule has 1 aromatic heterocycles. The van der Waals surface area contributed by atoms with Crippen molar-refractivity contribution < 1.29 is 4.79 Å². The molecule has 1 amide bonds. The first kappa shape index (κ1) is 12.3. The SMILES string of the molecule is NC(=O)Cc1cccc(CCc2ccccn2)c1. The molecule has 0 aliphatic rings. The van der Waals surface area contributed by atoms with E-state index in [2.05, 4.69) is 11.1 Å². The summed E-state index contributed by atoms with van der Waals surface area (Å²) in [6.45, 7) is 0. The predicted octanol–water partition coefficient (Wildman–Crippen LogP) is 1.89. The summed E-state index contributed by atoms with van der Waals surface area (Å²) in [5, 5.41) is 0. The number of primary amides is 1. The van der Waals surface area contributed by atoms with Crippen molar-refractivity contribution in [2.45, 2.75) is 19.3 Å². The summed E-state index contributed by atoms with van der Waals surface area (Å²) < 4.78 is 0. The van der Waals surface area contributed by atoms with Crippen molar-refractivity contribution in [2.75, 3.05) is 0 Å². The highest BCUT2D eigenvalue weighted by Gasteiger charge is 2.01. The monoisotopic (exact) mass is 240 g/mol. The van der Waals surface area contributed by atoms with E-state index in [-0.39, 0.29) is 5.91 Å². The van der Waals surface area contributed by atoms with Crippen molar-refractivity contribution >= 4 is 5.91 Å². The van der Waals surface area contributed by atoms with Crippen LogP contribution in [0.3, 0.4) is 0 Å². The first-order valence-corrected chi connectivity index (χ1v) is 6.00. The van der Waals surface area contributed by atoms with Gasteiger partial charge in [-0.3, -0.25) is 9.78 Å². The van der Waals surface area contributed by atoms with Crippen molar-refractivity contribution in [3.63, 3.8) is 0 Å². The second-order valence-corrected chi connectivity index (χ2v) is 4.28. The van der Waals surface area contributed by atoms with Crippen molar-refractivity contribution in [1.29, 1.82) is 0 Å². The van der Waals surface area contributed by atoms with Crippen molar-refractivity contribution in [1.82, 2.24) is 4.98 Å². The number of hydrogen-bond donors (Lipinski definition) is 1. The molecule has 0 unspecified atom stereocenters. The van der Waals surface area contributed by atoms with Gasteiger partial charge in [-0.2, -0.15) is 0 Å². The van der Waals surface area contributed by atoms with E-state index >= 15 is 0 Å². The molecule has 0 bridgehead atoms. The second-order valence-electron chi connectivity index (χ2n) is 4.28. The summed E-state index contributed by atoms with van der Waals surface area (Å²) in [5.41, 5.74) is 8.45. The minimum Gasteiger partial charge on any atom is -0.369 e. The van der Waals surface area contributed by atoms with Crippen molar-refractivity contribution in [2.24, 2.45) is 5.73 Å². The molecular weight excluding hydrogens is 224 g/mol. The van der Waals surface area contributed by atoms with Gasteiger partial charge >= 0.3 is 0 Å². The van der Waals surface area contributed by atoms with Gasteiger partial charge < -0.3 is 5.73 Å². The third-order valence-corrected chi connectivity index (χ3v) is 2.77. The Hall–Kier alpha value is -2.16. The highest BCUT2D eigenvalue weighted by molar-refractivity contribution is 5.76. The zero-order valence-electron chi connectivity index (χ0n) is 10.2. The molecule has 0 saturated carbocycles. The first-order chi connectivity index (χ1) is 8.74. The number of nitrogens with two attached hydrogens (primary N) is 1.